The highest BCUT2D eigenvalue weighted by Crippen LogP contribution is 2.35. The van der Waals surface area contributed by atoms with Gasteiger partial charge in [-0.3, -0.25) is 0 Å². The molecule has 4 rings (SSSR count). The van der Waals surface area contributed by atoms with Crippen LogP contribution in [0, 0.1) is 5.92 Å². The number of H-pyrrole nitrogens is 1. The molecular formula is C22H31N3. The Bertz CT molecular complexity index is 636. The number of benzene rings is 1. The van der Waals surface area contributed by atoms with Crippen LogP contribution in [0.1, 0.15) is 76.1 Å². The molecule has 2 aromatic rings. The average Bonchev–Trinajstić information content (AvgIpc) is 3.18. The number of imidazole rings is 1. The van der Waals surface area contributed by atoms with E-state index in [1.54, 1.807) is 0 Å². The molecule has 2 N–H and O–H groups in total. The molecule has 3 heteroatoms. The van der Waals surface area contributed by atoms with Gasteiger partial charge in [-0.25, -0.2) is 4.98 Å². The summed E-state index contributed by atoms with van der Waals surface area (Å²) in [5, 5.41) is 4.01. The maximum absolute atomic E-state index is 5.00. The highest BCUT2D eigenvalue weighted by Gasteiger charge is 2.29. The highest BCUT2D eigenvalue weighted by atomic mass is 15.0. The number of hydrogen-bond donors (Lipinski definition) is 2. The predicted molar refractivity (Wildman–Crippen MR) is 103 cm³/mol. The summed E-state index contributed by atoms with van der Waals surface area (Å²) in [5.41, 5.74) is 2.27. The van der Waals surface area contributed by atoms with Crippen LogP contribution in [0.3, 0.4) is 0 Å². The lowest BCUT2D eigenvalue weighted by Gasteiger charge is -2.34. The van der Waals surface area contributed by atoms with Crippen LogP contribution in [0.4, 0.5) is 0 Å². The molecule has 0 amide bonds. The van der Waals surface area contributed by atoms with Crippen LogP contribution in [0.2, 0.25) is 0 Å². The molecule has 0 bridgehead atoms. The maximum Gasteiger partial charge on any atom is 0.124 e. The lowest BCUT2D eigenvalue weighted by atomic mass is 9.82. The van der Waals surface area contributed by atoms with Gasteiger partial charge in [0.2, 0.25) is 0 Å². The number of nitrogens with zero attached hydrogens (tertiary/aromatic N) is 1. The molecule has 3 nitrogen and oxygen atoms in total. The van der Waals surface area contributed by atoms with Crippen molar-refractivity contribution in [2.75, 3.05) is 0 Å². The van der Waals surface area contributed by atoms with Crippen molar-refractivity contribution < 1.29 is 0 Å². The van der Waals surface area contributed by atoms with Gasteiger partial charge < -0.3 is 10.3 Å². The molecule has 134 valence electrons. The molecule has 2 aliphatic rings. The molecule has 1 aromatic heterocycles. The van der Waals surface area contributed by atoms with Crippen molar-refractivity contribution in [3.05, 3.63) is 42.4 Å². The minimum atomic E-state index is 0.390. The fourth-order valence-electron chi connectivity index (χ4n) is 4.68. The Kier molecular flexibility index (Phi) is 5.51. The Morgan fingerprint density at radius 1 is 0.880 bits per heavy atom. The molecule has 1 aromatic carbocycles. The summed E-state index contributed by atoms with van der Waals surface area (Å²) >= 11 is 0. The van der Waals surface area contributed by atoms with E-state index in [1.807, 2.05) is 0 Å². The molecule has 25 heavy (non-hydrogen) atoms. The van der Waals surface area contributed by atoms with Gasteiger partial charge in [0, 0.05) is 17.8 Å². The quantitative estimate of drug-likeness (QED) is 0.743. The second kappa shape index (κ2) is 8.18. The zero-order chi connectivity index (χ0) is 16.9. The molecule has 0 radical (unpaired) electrons. The molecule has 2 saturated carbocycles. The third-order valence-electron chi connectivity index (χ3n) is 6.10. The van der Waals surface area contributed by atoms with Crippen LogP contribution in [0.25, 0.3) is 11.3 Å². The minimum Gasteiger partial charge on any atom is -0.347 e. The van der Waals surface area contributed by atoms with Gasteiger partial charge in [0.1, 0.15) is 5.82 Å². The Balaban J connectivity index is 1.55. The van der Waals surface area contributed by atoms with Gasteiger partial charge in [-0.15, -0.1) is 0 Å². The van der Waals surface area contributed by atoms with Gasteiger partial charge in [0.05, 0.1) is 11.7 Å². The average molecular weight is 338 g/mol. The van der Waals surface area contributed by atoms with Gasteiger partial charge in [0.25, 0.3) is 0 Å². The third-order valence-corrected chi connectivity index (χ3v) is 6.10. The Morgan fingerprint density at radius 3 is 2.28 bits per heavy atom. The van der Waals surface area contributed by atoms with Gasteiger partial charge >= 0.3 is 0 Å². The smallest absolute Gasteiger partial charge is 0.124 e. The highest BCUT2D eigenvalue weighted by molar-refractivity contribution is 5.58. The molecular weight excluding hydrogens is 306 g/mol. The van der Waals surface area contributed by atoms with Crippen LogP contribution >= 0.6 is 0 Å². The SMILES string of the molecule is c1ccc(-c2c[nH]c([C@@H](NC3CCCCC3)C3CCCCC3)n2)cc1. The van der Waals surface area contributed by atoms with E-state index >= 15 is 0 Å². The van der Waals surface area contributed by atoms with Crippen molar-refractivity contribution >= 4 is 0 Å². The van der Waals surface area contributed by atoms with Gasteiger partial charge in [-0.05, 0) is 31.6 Å². The van der Waals surface area contributed by atoms with Gasteiger partial charge in [0.15, 0.2) is 0 Å². The topological polar surface area (TPSA) is 40.7 Å². The summed E-state index contributed by atoms with van der Waals surface area (Å²) in [6, 6.07) is 11.6. The predicted octanol–water partition coefficient (Wildman–Crippen LogP) is 5.62. The third kappa shape index (κ3) is 4.14. The summed E-state index contributed by atoms with van der Waals surface area (Å²) in [6.45, 7) is 0. The van der Waals surface area contributed by atoms with Crippen LogP contribution in [0.5, 0.6) is 0 Å². The van der Waals surface area contributed by atoms with Crippen molar-refractivity contribution in [2.45, 2.75) is 76.3 Å². The molecule has 1 heterocycles. The van der Waals surface area contributed by atoms with E-state index in [4.69, 9.17) is 4.98 Å². The van der Waals surface area contributed by atoms with E-state index in [0.29, 0.717) is 12.1 Å². The molecule has 1 atom stereocenters. The van der Waals surface area contributed by atoms with Gasteiger partial charge in [-0.2, -0.15) is 0 Å². The molecule has 0 unspecified atom stereocenters. The molecule has 0 spiro atoms. The fourth-order valence-corrected chi connectivity index (χ4v) is 4.68. The number of nitrogens with one attached hydrogen (secondary N) is 2. The van der Waals surface area contributed by atoms with Crippen molar-refractivity contribution in [3.8, 4) is 11.3 Å². The second-order valence-electron chi connectivity index (χ2n) is 7.91. The van der Waals surface area contributed by atoms with Crippen molar-refractivity contribution in [3.63, 3.8) is 0 Å². The zero-order valence-electron chi connectivity index (χ0n) is 15.2. The molecule has 0 aliphatic heterocycles. The minimum absolute atomic E-state index is 0.390. The normalized spacial score (nSPS) is 21.3. The lowest BCUT2D eigenvalue weighted by Crippen LogP contribution is -2.39. The Hall–Kier alpha value is -1.61. The summed E-state index contributed by atoms with van der Waals surface area (Å²) in [6.07, 6.45) is 15.7. The van der Waals surface area contributed by atoms with E-state index in [-0.39, 0.29) is 0 Å². The largest absolute Gasteiger partial charge is 0.347 e. The molecule has 2 fully saturated rings. The first-order chi connectivity index (χ1) is 12.4. The lowest BCUT2D eigenvalue weighted by molar-refractivity contribution is 0.227. The Morgan fingerprint density at radius 2 is 1.56 bits per heavy atom. The van der Waals surface area contributed by atoms with Crippen LogP contribution in [-0.2, 0) is 0 Å². The number of aromatic amines is 1. The first-order valence-corrected chi connectivity index (χ1v) is 10.3. The first-order valence-electron chi connectivity index (χ1n) is 10.3. The van der Waals surface area contributed by atoms with Crippen molar-refractivity contribution in [1.82, 2.24) is 15.3 Å². The van der Waals surface area contributed by atoms with Crippen LogP contribution in [-0.4, -0.2) is 16.0 Å². The van der Waals surface area contributed by atoms with E-state index in [2.05, 4.69) is 46.8 Å². The molecule has 0 saturated heterocycles. The van der Waals surface area contributed by atoms with Gasteiger partial charge in [-0.1, -0.05) is 68.9 Å². The number of rotatable bonds is 5. The first kappa shape index (κ1) is 16.8. The summed E-state index contributed by atoms with van der Waals surface area (Å²) in [4.78, 5) is 8.52. The fraction of sp³-hybridized carbons (Fsp3) is 0.591. The van der Waals surface area contributed by atoms with Crippen LogP contribution in [0.15, 0.2) is 36.5 Å². The monoisotopic (exact) mass is 337 g/mol. The van der Waals surface area contributed by atoms with Crippen molar-refractivity contribution in [2.24, 2.45) is 5.92 Å². The second-order valence-corrected chi connectivity index (χ2v) is 7.91. The van der Waals surface area contributed by atoms with Crippen molar-refractivity contribution in [1.29, 1.82) is 0 Å². The summed E-state index contributed by atoms with van der Waals surface area (Å²) in [5.74, 6) is 1.88. The summed E-state index contributed by atoms with van der Waals surface area (Å²) in [7, 11) is 0. The number of hydrogen-bond acceptors (Lipinski definition) is 2. The van der Waals surface area contributed by atoms with Crippen LogP contribution < -0.4 is 5.32 Å². The van der Waals surface area contributed by atoms with E-state index in [0.717, 1.165) is 17.4 Å². The van der Waals surface area contributed by atoms with E-state index in [1.165, 1.54) is 69.8 Å². The summed E-state index contributed by atoms with van der Waals surface area (Å²) < 4.78 is 0. The standard InChI is InChI=1S/C22H31N3/c1-4-10-17(11-5-1)20-16-23-22(25-20)21(18-12-6-2-7-13-18)24-19-14-8-3-9-15-19/h1,4-5,10-11,16,18-19,21,24H,2-3,6-9,12-15H2,(H,23,25)/t21-/m0/s1. The van der Waals surface area contributed by atoms with E-state index < -0.39 is 0 Å². The maximum atomic E-state index is 5.00. The Labute approximate surface area is 151 Å². The van der Waals surface area contributed by atoms with E-state index in [9.17, 15) is 0 Å². The zero-order valence-corrected chi connectivity index (χ0v) is 15.2. The molecule has 2 aliphatic carbocycles. The number of aromatic nitrogens is 2.